The highest BCUT2D eigenvalue weighted by atomic mass is 35.5. The van der Waals surface area contributed by atoms with Crippen molar-refractivity contribution in [3.8, 4) is 5.69 Å². The Morgan fingerprint density at radius 3 is 2.20 bits per heavy atom. The van der Waals surface area contributed by atoms with Crippen LogP contribution in [-0.4, -0.2) is 33.6 Å². The highest BCUT2D eigenvalue weighted by Gasteiger charge is 2.26. The molecule has 1 atom stereocenters. The van der Waals surface area contributed by atoms with Gasteiger partial charge in [0.05, 0.1) is 32.2 Å². The third kappa shape index (κ3) is 7.23. The van der Waals surface area contributed by atoms with Gasteiger partial charge in [0, 0.05) is 20.0 Å². The Kier molecular flexibility index (Phi) is 10.4. The van der Waals surface area contributed by atoms with Gasteiger partial charge in [-0.25, -0.2) is 14.2 Å². The van der Waals surface area contributed by atoms with Crippen molar-refractivity contribution in [2.45, 2.75) is 32.5 Å². The van der Waals surface area contributed by atoms with Crippen LogP contribution in [0.25, 0.3) is 16.6 Å². The molecule has 0 unspecified atom stereocenters. The SMILES string of the molecule is CCNCc1ccc2c(c1)c(=O)n(-c1ccc(C[C@H](NC(=O)c3c(Cl)cccc3Cl)C(=O)OCc3ccccc3)cc1)c(=O)n2C. The van der Waals surface area contributed by atoms with Crippen molar-refractivity contribution < 1.29 is 14.3 Å². The molecule has 11 heteroatoms. The minimum Gasteiger partial charge on any atom is -0.459 e. The first-order valence-corrected chi connectivity index (χ1v) is 15.4. The number of carbonyl (C=O) groups excluding carboxylic acids is 2. The zero-order valence-corrected chi connectivity index (χ0v) is 26.8. The summed E-state index contributed by atoms with van der Waals surface area (Å²) in [7, 11) is 1.62. The summed E-state index contributed by atoms with van der Waals surface area (Å²) in [5.74, 6) is -1.29. The number of amides is 1. The zero-order chi connectivity index (χ0) is 32.8. The van der Waals surface area contributed by atoms with Crippen LogP contribution in [0.4, 0.5) is 0 Å². The molecule has 9 nitrogen and oxygen atoms in total. The first-order valence-electron chi connectivity index (χ1n) is 14.7. The van der Waals surface area contributed by atoms with Crippen LogP contribution in [0.5, 0.6) is 0 Å². The van der Waals surface area contributed by atoms with E-state index in [1.807, 2.05) is 43.3 Å². The summed E-state index contributed by atoms with van der Waals surface area (Å²) in [5.41, 5.74) is 2.38. The van der Waals surface area contributed by atoms with Gasteiger partial charge < -0.3 is 15.4 Å². The smallest absolute Gasteiger partial charge is 0.335 e. The van der Waals surface area contributed by atoms with E-state index in [1.54, 1.807) is 49.5 Å². The minimum absolute atomic E-state index is 0.0161. The van der Waals surface area contributed by atoms with E-state index in [0.717, 1.165) is 22.2 Å². The second-order valence-electron chi connectivity index (χ2n) is 10.7. The van der Waals surface area contributed by atoms with Gasteiger partial charge in [0.15, 0.2) is 0 Å². The average Bonchev–Trinajstić information content (AvgIpc) is 3.06. The Morgan fingerprint density at radius 2 is 1.52 bits per heavy atom. The molecule has 4 aromatic carbocycles. The molecule has 236 valence electrons. The Balaban J connectivity index is 1.43. The maximum Gasteiger partial charge on any atom is 0.335 e. The number of carbonyl (C=O) groups is 2. The number of benzene rings is 4. The molecule has 0 aliphatic heterocycles. The van der Waals surface area contributed by atoms with Gasteiger partial charge in [-0.2, -0.15) is 0 Å². The van der Waals surface area contributed by atoms with Crippen LogP contribution in [0.2, 0.25) is 10.0 Å². The van der Waals surface area contributed by atoms with E-state index >= 15 is 0 Å². The lowest BCUT2D eigenvalue weighted by Gasteiger charge is -2.19. The lowest BCUT2D eigenvalue weighted by molar-refractivity contribution is -0.147. The summed E-state index contributed by atoms with van der Waals surface area (Å²) in [4.78, 5) is 53.4. The molecule has 0 fully saturated rings. The van der Waals surface area contributed by atoms with Crippen LogP contribution in [0.1, 0.15) is 34.0 Å². The Morgan fingerprint density at radius 1 is 0.848 bits per heavy atom. The van der Waals surface area contributed by atoms with Crippen LogP contribution < -0.4 is 21.9 Å². The molecule has 5 rings (SSSR count). The average molecular weight is 660 g/mol. The number of nitrogens with zero attached hydrogens (tertiary/aromatic N) is 2. The van der Waals surface area contributed by atoms with Crippen LogP contribution in [0, 0.1) is 0 Å². The van der Waals surface area contributed by atoms with Crippen molar-refractivity contribution in [3.05, 3.63) is 144 Å². The number of ether oxygens (including phenoxy) is 1. The lowest BCUT2D eigenvalue weighted by atomic mass is 10.0. The topological polar surface area (TPSA) is 111 Å². The van der Waals surface area contributed by atoms with Crippen molar-refractivity contribution in [1.29, 1.82) is 0 Å². The first kappa shape index (κ1) is 32.7. The third-order valence-electron chi connectivity index (χ3n) is 7.55. The van der Waals surface area contributed by atoms with Gasteiger partial charge in [-0.15, -0.1) is 0 Å². The number of hydrogen-bond donors (Lipinski definition) is 2. The Bertz CT molecular complexity index is 1990. The van der Waals surface area contributed by atoms with Crippen LogP contribution in [0.3, 0.4) is 0 Å². The third-order valence-corrected chi connectivity index (χ3v) is 8.18. The van der Waals surface area contributed by atoms with E-state index < -0.39 is 29.2 Å². The normalized spacial score (nSPS) is 11.7. The van der Waals surface area contributed by atoms with E-state index in [0.29, 0.717) is 28.7 Å². The predicted octanol–water partition coefficient (Wildman–Crippen LogP) is 5.19. The van der Waals surface area contributed by atoms with Crippen LogP contribution in [0.15, 0.2) is 101 Å². The Hall–Kier alpha value is -4.70. The van der Waals surface area contributed by atoms with E-state index in [2.05, 4.69) is 10.6 Å². The van der Waals surface area contributed by atoms with Crippen molar-refractivity contribution in [2.24, 2.45) is 7.05 Å². The summed E-state index contributed by atoms with van der Waals surface area (Å²) >= 11 is 12.5. The molecule has 5 aromatic rings. The van der Waals surface area contributed by atoms with Gasteiger partial charge in [0.25, 0.3) is 11.5 Å². The van der Waals surface area contributed by atoms with Crippen molar-refractivity contribution in [3.63, 3.8) is 0 Å². The highest BCUT2D eigenvalue weighted by molar-refractivity contribution is 6.39. The second kappa shape index (κ2) is 14.6. The fourth-order valence-corrected chi connectivity index (χ4v) is 5.67. The molecule has 1 amide bonds. The molecule has 0 aliphatic rings. The van der Waals surface area contributed by atoms with Crippen molar-refractivity contribution in [2.75, 3.05) is 6.54 Å². The molecule has 1 heterocycles. The fourth-order valence-electron chi connectivity index (χ4n) is 5.10. The molecule has 2 N–H and O–H groups in total. The molecule has 0 radical (unpaired) electrons. The van der Waals surface area contributed by atoms with Gasteiger partial charge in [0.2, 0.25) is 0 Å². The van der Waals surface area contributed by atoms with Gasteiger partial charge in [-0.1, -0.05) is 84.7 Å². The van der Waals surface area contributed by atoms with Gasteiger partial charge in [-0.05, 0) is 59.6 Å². The zero-order valence-electron chi connectivity index (χ0n) is 25.3. The number of rotatable bonds is 11. The predicted molar refractivity (Wildman–Crippen MR) is 180 cm³/mol. The molecule has 0 spiro atoms. The maximum atomic E-state index is 13.6. The highest BCUT2D eigenvalue weighted by Crippen LogP contribution is 2.24. The lowest BCUT2D eigenvalue weighted by Crippen LogP contribution is -2.43. The number of hydrogen-bond acceptors (Lipinski definition) is 6. The van der Waals surface area contributed by atoms with E-state index in [4.69, 9.17) is 27.9 Å². The van der Waals surface area contributed by atoms with Gasteiger partial charge in [0.1, 0.15) is 12.6 Å². The number of fused-ring (bicyclic) bond motifs is 1. The number of halogens is 2. The number of esters is 1. The number of nitrogens with one attached hydrogen (secondary N) is 2. The summed E-state index contributed by atoms with van der Waals surface area (Å²) in [5, 5.41) is 6.66. The summed E-state index contributed by atoms with van der Waals surface area (Å²) < 4.78 is 8.12. The molecular formula is C35H32Cl2N4O5. The molecular weight excluding hydrogens is 627 g/mol. The van der Waals surface area contributed by atoms with Crippen LogP contribution in [-0.2, 0) is 36.2 Å². The quantitative estimate of drug-likeness (QED) is 0.189. The standard InChI is InChI=1S/C35H32Cl2N4O5/c1-3-38-20-24-14-17-30-26(18-24)33(43)41(35(45)40(30)2)25-15-12-22(13-16-25)19-29(34(44)46-21-23-8-5-4-6-9-23)39-32(42)31-27(36)10-7-11-28(31)37/h4-18,29,38H,3,19-21H2,1-2H3,(H,39,42)/t29-/m0/s1. The monoisotopic (exact) mass is 658 g/mol. The molecule has 46 heavy (non-hydrogen) atoms. The van der Waals surface area contributed by atoms with Gasteiger partial charge in [-0.3, -0.25) is 14.2 Å². The second-order valence-corrected chi connectivity index (χ2v) is 11.5. The first-order chi connectivity index (χ1) is 22.2. The summed E-state index contributed by atoms with van der Waals surface area (Å²) in [6.45, 7) is 3.39. The van der Waals surface area contributed by atoms with Crippen LogP contribution >= 0.6 is 23.2 Å². The van der Waals surface area contributed by atoms with E-state index in [9.17, 15) is 19.2 Å². The van der Waals surface area contributed by atoms with E-state index in [1.165, 1.54) is 16.7 Å². The van der Waals surface area contributed by atoms with Crippen molar-refractivity contribution >= 4 is 46.0 Å². The van der Waals surface area contributed by atoms with Crippen molar-refractivity contribution in [1.82, 2.24) is 19.8 Å². The summed E-state index contributed by atoms with van der Waals surface area (Å²) in [6.07, 6.45) is 0.0557. The molecule has 0 saturated heterocycles. The minimum atomic E-state index is -1.10. The largest absolute Gasteiger partial charge is 0.459 e. The number of aryl methyl sites for hydroxylation is 1. The molecule has 0 bridgehead atoms. The fraction of sp³-hybridized carbons (Fsp3) is 0.200. The molecule has 1 aromatic heterocycles. The van der Waals surface area contributed by atoms with E-state index in [-0.39, 0.29) is 28.6 Å². The molecule has 0 aliphatic carbocycles. The Labute approximate surface area is 275 Å². The summed E-state index contributed by atoms with van der Waals surface area (Å²) in [6, 6.07) is 24.9. The maximum absolute atomic E-state index is 13.6. The molecule has 0 saturated carbocycles. The number of aromatic nitrogens is 2. The van der Waals surface area contributed by atoms with Gasteiger partial charge >= 0.3 is 11.7 Å².